The maximum Gasteiger partial charge on any atom is 0.230 e. The van der Waals surface area contributed by atoms with Crippen molar-refractivity contribution in [3.05, 3.63) is 17.0 Å². The van der Waals surface area contributed by atoms with Crippen LogP contribution in [0.1, 0.15) is 63.5 Å². The Hall–Kier alpha value is -1.32. The molecule has 0 spiro atoms. The third kappa shape index (κ3) is 5.84. The molecular weight excluding hydrogens is 469 g/mol. The molecule has 1 heterocycles. The first-order valence-electron chi connectivity index (χ1n) is 10.2. The van der Waals surface area contributed by atoms with Crippen molar-refractivity contribution in [1.82, 2.24) is 20.7 Å². The summed E-state index contributed by atoms with van der Waals surface area (Å²) in [6, 6.07) is 0. The minimum absolute atomic E-state index is 0. The lowest BCUT2D eigenvalue weighted by atomic mass is 9.84. The van der Waals surface area contributed by atoms with Gasteiger partial charge in [0, 0.05) is 39.2 Å². The van der Waals surface area contributed by atoms with Gasteiger partial charge in [-0.25, -0.2) is 4.99 Å². The number of hydrogen-bond acceptors (Lipinski definition) is 4. The van der Waals surface area contributed by atoms with E-state index in [1.54, 1.807) is 4.90 Å². The van der Waals surface area contributed by atoms with Gasteiger partial charge < -0.3 is 20.1 Å². The minimum Gasteiger partial charge on any atom is -0.361 e. The van der Waals surface area contributed by atoms with Gasteiger partial charge in [-0.05, 0) is 26.2 Å². The molecule has 1 amide bonds. The molecule has 1 saturated carbocycles. The zero-order valence-electron chi connectivity index (χ0n) is 17.9. The number of hydrogen-bond donors (Lipinski definition) is 2. The summed E-state index contributed by atoms with van der Waals surface area (Å²) in [4.78, 5) is 19.2. The van der Waals surface area contributed by atoms with Gasteiger partial charge >= 0.3 is 0 Å². The maximum absolute atomic E-state index is 12.8. The average Bonchev–Trinajstić information content (AvgIpc) is 3.30. The molecule has 1 aromatic rings. The Morgan fingerprint density at radius 1 is 1.18 bits per heavy atom. The van der Waals surface area contributed by atoms with E-state index >= 15 is 0 Å². The lowest BCUT2D eigenvalue weighted by Gasteiger charge is -2.31. The van der Waals surface area contributed by atoms with E-state index in [-0.39, 0.29) is 35.3 Å². The van der Waals surface area contributed by atoms with Crippen LogP contribution in [0.4, 0.5) is 0 Å². The molecule has 0 aliphatic heterocycles. The number of nitrogens with zero attached hydrogens (tertiary/aromatic N) is 3. The van der Waals surface area contributed by atoms with Gasteiger partial charge in [-0.3, -0.25) is 4.79 Å². The quantitative estimate of drug-likeness (QED) is 0.322. The molecule has 0 unspecified atom stereocenters. The Kier molecular flexibility index (Phi) is 10.3. The predicted molar refractivity (Wildman–Crippen MR) is 123 cm³/mol. The largest absolute Gasteiger partial charge is 0.361 e. The Morgan fingerprint density at radius 2 is 1.86 bits per heavy atom. The summed E-state index contributed by atoms with van der Waals surface area (Å²) in [7, 11) is 3.68. The van der Waals surface area contributed by atoms with Gasteiger partial charge in [-0.15, -0.1) is 24.0 Å². The summed E-state index contributed by atoms with van der Waals surface area (Å²) in [5.41, 5.74) is 1.73. The molecule has 8 heteroatoms. The Labute approximate surface area is 186 Å². The molecular formula is C20H36IN5O2. The third-order valence-electron chi connectivity index (χ3n) is 5.36. The van der Waals surface area contributed by atoms with Crippen LogP contribution in [0.25, 0.3) is 0 Å². The topological polar surface area (TPSA) is 82.8 Å². The number of aryl methyl sites for hydroxylation is 2. The number of guanidine groups is 1. The van der Waals surface area contributed by atoms with Crippen LogP contribution in [-0.4, -0.2) is 49.1 Å². The van der Waals surface area contributed by atoms with E-state index in [1.165, 1.54) is 0 Å². The molecule has 0 atom stereocenters. The van der Waals surface area contributed by atoms with E-state index in [0.29, 0.717) is 13.1 Å². The summed E-state index contributed by atoms with van der Waals surface area (Å²) in [6.07, 6.45) is 5.72. The summed E-state index contributed by atoms with van der Waals surface area (Å²) in [5.74, 6) is 1.85. The zero-order chi connectivity index (χ0) is 19.9. The summed E-state index contributed by atoms with van der Waals surface area (Å²) in [6.45, 7) is 8.09. The predicted octanol–water partition coefficient (Wildman–Crippen LogP) is 3.12. The van der Waals surface area contributed by atoms with E-state index in [4.69, 9.17) is 9.52 Å². The molecule has 0 aromatic carbocycles. The first kappa shape index (κ1) is 24.7. The van der Waals surface area contributed by atoms with Crippen LogP contribution in [0.5, 0.6) is 0 Å². The van der Waals surface area contributed by atoms with Gasteiger partial charge in [-0.2, -0.15) is 0 Å². The van der Waals surface area contributed by atoms with Gasteiger partial charge in [0.2, 0.25) is 5.91 Å². The van der Waals surface area contributed by atoms with Crippen LogP contribution >= 0.6 is 24.0 Å². The number of rotatable bonds is 8. The van der Waals surface area contributed by atoms with Crippen LogP contribution in [0.2, 0.25) is 0 Å². The van der Waals surface area contributed by atoms with Crippen molar-refractivity contribution in [1.29, 1.82) is 0 Å². The standard InChI is InChI=1S/C20H35N5O2.HI/c1-6-16-15(17(7-2)27-24-16)13-22-19(21-8-3)23-14-20(11-9-10-12-20)18(26)25(4)5;/h6-14H2,1-5H3,(H2,21,22,23);1H. The molecule has 1 fully saturated rings. The van der Waals surface area contributed by atoms with E-state index in [2.05, 4.69) is 29.6 Å². The van der Waals surface area contributed by atoms with Gasteiger partial charge in [0.05, 0.1) is 17.7 Å². The second-order valence-electron chi connectivity index (χ2n) is 7.47. The van der Waals surface area contributed by atoms with Crippen LogP contribution < -0.4 is 10.6 Å². The first-order chi connectivity index (χ1) is 13.0. The fourth-order valence-electron chi connectivity index (χ4n) is 3.86. The number of carbonyl (C=O) groups is 1. The highest BCUT2D eigenvalue weighted by Crippen LogP contribution is 2.38. The first-order valence-corrected chi connectivity index (χ1v) is 10.2. The van der Waals surface area contributed by atoms with Crippen LogP contribution in [-0.2, 0) is 24.2 Å². The van der Waals surface area contributed by atoms with E-state index in [9.17, 15) is 4.79 Å². The fourth-order valence-corrected chi connectivity index (χ4v) is 3.86. The second kappa shape index (κ2) is 11.6. The molecule has 1 aliphatic carbocycles. The number of amides is 1. The van der Waals surface area contributed by atoms with Gasteiger partial charge in [0.1, 0.15) is 5.76 Å². The van der Waals surface area contributed by atoms with Crippen molar-refractivity contribution >= 4 is 35.8 Å². The molecule has 7 nitrogen and oxygen atoms in total. The maximum atomic E-state index is 12.8. The Balaban J connectivity index is 0.00000392. The van der Waals surface area contributed by atoms with Crippen LogP contribution in [0.15, 0.2) is 9.52 Å². The molecule has 0 saturated heterocycles. The van der Waals surface area contributed by atoms with Crippen molar-refractivity contribution < 1.29 is 9.32 Å². The number of nitrogens with one attached hydrogen (secondary N) is 2. The number of halogens is 1. The zero-order valence-corrected chi connectivity index (χ0v) is 20.3. The Bertz CT molecular complexity index is 630. The lowest BCUT2D eigenvalue weighted by molar-refractivity contribution is -0.138. The molecule has 160 valence electrons. The number of carbonyl (C=O) groups excluding carboxylic acids is 1. The Morgan fingerprint density at radius 3 is 2.39 bits per heavy atom. The minimum atomic E-state index is -0.319. The van der Waals surface area contributed by atoms with Crippen molar-refractivity contribution in [2.24, 2.45) is 10.4 Å². The summed E-state index contributed by atoms with van der Waals surface area (Å²) in [5, 5.41) is 10.9. The van der Waals surface area contributed by atoms with E-state index in [0.717, 1.165) is 68.0 Å². The SMILES string of the molecule is CCNC(=NCc1c(CC)noc1CC)NCC1(C(=O)N(C)C)CCCC1.I. The summed E-state index contributed by atoms with van der Waals surface area (Å²) < 4.78 is 5.43. The molecule has 0 radical (unpaired) electrons. The van der Waals surface area contributed by atoms with Crippen molar-refractivity contribution in [3.8, 4) is 0 Å². The number of aromatic nitrogens is 1. The third-order valence-corrected chi connectivity index (χ3v) is 5.36. The average molecular weight is 505 g/mol. The van der Waals surface area contributed by atoms with Gasteiger partial charge in [-0.1, -0.05) is 31.8 Å². The molecule has 2 rings (SSSR count). The van der Waals surface area contributed by atoms with Crippen molar-refractivity contribution in [2.75, 3.05) is 27.2 Å². The fraction of sp³-hybridized carbons (Fsp3) is 0.750. The second-order valence-corrected chi connectivity index (χ2v) is 7.47. The lowest BCUT2D eigenvalue weighted by Crippen LogP contribution is -2.49. The monoisotopic (exact) mass is 505 g/mol. The molecule has 2 N–H and O–H groups in total. The molecule has 1 aromatic heterocycles. The normalized spacial score (nSPS) is 15.8. The molecule has 1 aliphatic rings. The van der Waals surface area contributed by atoms with Gasteiger partial charge in [0.15, 0.2) is 5.96 Å². The van der Waals surface area contributed by atoms with Crippen LogP contribution in [0.3, 0.4) is 0 Å². The molecule has 0 bridgehead atoms. The number of aliphatic imine (C=N–C) groups is 1. The van der Waals surface area contributed by atoms with Crippen molar-refractivity contribution in [3.63, 3.8) is 0 Å². The smallest absolute Gasteiger partial charge is 0.230 e. The highest BCUT2D eigenvalue weighted by atomic mass is 127. The van der Waals surface area contributed by atoms with Crippen molar-refractivity contribution in [2.45, 2.75) is 65.8 Å². The van der Waals surface area contributed by atoms with Gasteiger partial charge in [0.25, 0.3) is 0 Å². The highest BCUT2D eigenvalue weighted by molar-refractivity contribution is 14.0. The highest BCUT2D eigenvalue weighted by Gasteiger charge is 2.42. The van der Waals surface area contributed by atoms with Crippen LogP contribution in [0, 0.1) is 5.41 Å². The summed E-state index contributed by atoms with van der Waals surface area (Å²) >= 11 is 0. The van der Waals surface area contributed by atoms with E-state index in [1.807, 2.05) is 21.0 Å². The molecule has 28 heavy (non-hydrogen) atoms. The van der Waals surface area contributed by atoms with E-state index < -0.39 is 0 Å².